The van der Waals surface area contributed by atoms with E-state index < -0.39 is 0 Å². The highest BCUT2D eigenvalue weighted by Gasteiger charge is 1.96. The summed E-state index contributed by atoms with van der Waals surface area (Å²) < 4.78 is 0. The quantitative estimate of drug-likeness (QED) is 0.725. The van der Waals surface area contributed by atoms with Crippen molar-refractivity contribution < 1.29 is 0 Å². The molecule has 4 N–H and O–H groups in total. The zero-order chi connectivity index (χ0) is 9.68. The predicted octanol–water partition coefficient (Wildman–Crippen LogP) is 1.68. The lowest BCUT2D eigenvalue weighted by molar-refractivity contribution is 1.01. The molecule has 1 heterocycles. The molecular weight excluding hydrogens is 186 g/mol. The summed E-state index contributed by atoms with van der Waals surface area (Å²) in [4.78, 5) is 3.92. The van der Waals surface area contributed by atoms with Crippen molar-refractivity contribution in [2.24, 2.45) is 5.73 Å². The molecule has 0 aromatic carbocycles. The van der Waals surface area contributed by atoms with Crippen molar-refractivity contribution in [3.05, 3.63) is 29.1 Å². The van der Waals surface area contributed by atoms with Crippen molar-refractivity contribution in [3.63, 3.8) is 0 Å². The molecule has 0 spiro atoms. The van der Waals surface area contributed by atoms with Gasteiger partial charge in [0.1, 0.15) is 5.15 Å². The maximum Gasteiger partial charge on any atom is 0.131 e. The van der Waals surface area contributed by atoms with Crippen LogP contribution in [-0.2, 0) is 0 Å². The molecule has 0 bridgehead atoms. The molecule has 4 heteroatoms. The van der Waals surface area contributed by atoms with Gasteiger partial charge in [-0.05, 0) is 19.0 Å². The van der Waals surface area contributed by atoms with Crippen molar-refractivity contribution in [3.8, 4) is 0 Å². The van der Waals surface area contributed by atoms with Crippen molar-refractivity contribution in [2.45, 2.75) is 6.42 Å². The average Bonchev–Trinajstić information content (AvgIpc) is 2.09. The summed E-state index contributed by atoms with van der Waals surface area (Å²) in [5, 5.41) is 0.411. The number of aromatic nitrogens is 1. The Labute approximate surface area is 82.4 Å². The third kappa shape index (κ3) is 3.05. The zero-order valence-corrected chi connectivity index (χ0v) is 7.96. The van der Waals surface area contributed by atoms with E-state index in [9.17, 15) is 0 Å². The Morgan fingerprint density at radius 2 is 2.31 bits per heavy atom. The largest absolute Gasteiger partial charge is 0.398 e. The van der Waals surface area contributed by atoms with E-state index in [-0.39, 0.29) is 0 Å². The number of nitrogen functional groups attached to an aromatic ring is 1. The Morgan fingerprint density at radius 3 is 2.92 bits per heavy atom. The van der Waals surface area contributed by atoms with Crippen LogP contribution in [0.5, 0.6) is 0 Å². The van der Waals surface area contributed by atoms with Gasteiger partial charge in [-0.15, -0.1) is 0 Å². The lowest BCUT2D eigenvalue weighted by Gasteiger charge is -1.99. The monoisotopic (exact) mass is 197 g/mol. The predicted molar refractivity (Wildman–Crippen MR) is 56.4 cm³/mol. The van der Waals surface area contributed by atoms with Crippen LogP contribution in [0.25, 0.3) is 6.08 Å². The van der Waals surface area contributed by atoms with Gasteiger partial charge in [0.25, 0.3) is 0 Å². The molecule has 1 aromatic rings. The minimum atomic E-state index is 0.411. The van der Waals surface area contributed by atoms with Crippen LogP contribution in [0, 0.1) is 0 Å². The fraction of sp³-hybridized carbons (Fsp3) is 0.222. The van der Waals surface area contributed by atoms with Crippen LogP contribution in [-0.4, -0.2) is 11.5 Å². The number of nitrogens with zero attached hydrogens (tertiary/aromatic N) is 1. The highest BCUT2D eigenvalue weighted by atomic mass is 35.5. The van der Waals surface area contributed by atoms with E-state index in [4.69, 9.17) is 23.1 Å². The number of anilines is 1. The summed E-state index contributed by atoms with van der Waals surface area (Å²) >= 11 is 5.64. The maximum absolute atomic E-state index is 5.70. The van der Waals surface area contributed by atoms with E-state index >= 15 is 0 Å². The number of pyridine rings is 1. The van der Waals surface area contributed by atoms with Crippen LogP contribution in [0.3, 0.4) is 0 Å². The summed E-state index contributed by atoms with van der Waals surface area (Å²) in [6, 6.07) is 1.63. The molecule has 0 amide bonds. The molecule has 0 unspecified atom stereocenters. The molecule has 0 aliphatic rings. The van der Waals surface area contributed by atoms with Crippen molar-refractivity contribution in [1.29, 1.82) is 0 Å². The number of hydrogen-bond donors (Lipinski definition) is 2. The van der Waals surface area contributed by atoms with E-state index in [2.05, 4.69) is 4.98 Å². The molecule has 0 aliphatic carbocycles. The molecule has 0 saturated heterocycles. The number of nitrogens with two attached hydrogens (primary N) is 2. The smallest absolute Gasteiger partial charge is 0.131 e. The van der Waals surface area contributed by atoms with Gasteiger partial charge in [-0.2, -0.15) is 0 Å². The van der Waals surface area contributed by atoms with E-state index in [1.165, 1.54) is 0 Å². The molecule has 70 valence electrons. The SMILES string of the molecule is NCCC=Cc1cnc(Cl)cc1N. The zero-order valence-electron chi connectivity index (χ0n) is 7.20. The summed E-state index contributed by atoms with van der Waals surface area (Å²) in [6.07, 6.45) is 6.33. The second-order valence-corrected chi connectivity index (χ2v) is 3.00. The topological polar surface area (TPSA) is 64.9 Å². The molecule has 0 saturated carbocycles. The van der Waals surface area contributed by atoms with E-state index in [0.717, 1.165) is 12.0 Å². The van der Waals surface area contributed by atoms with Gasteiger partial charge in [0, 0.05) is 17.4 Å². The fourth-order valence-electron chi connectivity index (χ4n) is 0.900. The van der Waals surface area contributed by atoms with Gasteiger partial charge in [0.2, 0.25) is 0 Å². The maximum atomic E-state index is 5.70. The first-order valence-corrected chi connectivity index (χ1v) is 4.39. The summed E-state index contributed by atoms with van der Waals surface area (Å²) in [5.74, 6) is 0. The second kappa shape index (κ2) is 4.84. The lowest BCUT2D eigenvalue weighted by atomic mass is 10.2. The van der Waals surface area contributed by atoms with Gasteiger partial charge < -0.3 is 11.5 Å². The van der Waals surface area contributed by atoms with E-state index in [1.807, 2.05) is 12.2 Å². The molecule has 13 heavy (non-hydrogen) atoms. The standard InChI is InChI=1S/C9H12ClN3/c10-9-5-8(12)7(6-13-9)3-1-2-4-11/h1,3,5-6H,2,4,11H2,(H2,12,13). The number of rotatable bonds is 3. The Hall–Kier alpha value is -1.06. The van der Waals surface area contributed by atoms with Crippen LogP contribution in [0.1, 0.15) is 12.0 Å². The first-order chi connectivity index (χ1) is 6.24. The molecule has 0 fully saturated rings. The Kier molecular flexibility index (Phi) is 3.73. The van der Waals surface area contributed by atoms with Crippen LogP contribution < -0.4 is 11.5 Å². The minimum Gasteiger partial charge on any atom is -0.398 e. The minimum absolute atomic E-state index is 0.411. The van der Waals surface area contributed by atoms with Gasteiger partial charge in [0.15, 0.2) is 0 Å². The Balaban J connectivity index is 2.77. The molecule has 0 atom stereocenters. The first kappa shape index (κ1) is 10.0. The molecule has 1 rings (SSSR count). The van der Waals surface area contributed by atoms with E-state index in [0.29, 0.717) is 17.4 Å². The van der Waals surface area contributed by atoms with Crippen molar-refractivity contribution in [1.82, 2.24) is 4.98 Å². The van der Waals surface area contributed by atoms with Crippen molar-refractivity contribution >= 4 is 23.4 Å². The van der Waals surface area contributed by atoms with Crippen LogP contribution >= 0.6 is 11.6 Å². The average molecular weight is 198 g/mol. The van der Waals surface area contributed by atoms with Gasteiger partial charge in [-0.25, -0.2) is 4.98 Å². The second-order valence-electron chi connectivity index (χ2n) is 2.62. The third-order valence-electron chi connectivity index (χ3n) is 1.57. The molecular formula is C9H12ClN3. The third-order valence-corrected chi connectivity index (χ3v) is 1.77. The highest BCUT2D eigenvalue weighted by Crippen LogP contribution is 2.16. The summed E-state index contributed by atoms with van der Waals surface area (Å²) in [7, 11) is 0. The van der Waals surface area contributed by atoms with Crippen LogP contribution in [0.4, 0.5) is 5.69 Å². The molecule has 0 radical (unpaired) electrons. The number of halogens is 1. The normalized spacial score (nSPS) is 10.9. The number of hydrogen-bond acceptors (Lipinski definition) is 3. The molecule has 3 nitrogen and oxygen atoms in total. The van der Waals surface area contributed by atoms with Crippen molar-refractivity contribution in [2.75, 3.05) is 12.3 Å². The van der Waals surface area contributed by atoms with E-state index in [1.54, 1.807) is 12.3 Å². The van der Waals surface area contributed by atoms with Gasteiger partial charge in [-0.1, -0.05) is 23.8 Å². The molecule has 1 aromatic heterocycles. The van der Waals surface area contributed by atoms with Crippen LogP contribution in [0.15, 0.2) is 18.3 Å². The Bertz CT molecular complexity index is 310. The summed E-state index contributed by atoms with van der Waals surface area (Å²) in [5.41, 5.74) is 12.5. The van der Waals surface area contributed by atoms with Gasteiger partial charge in [0.05, 0.1) is 0 Å². The van der Waals surface area contributed by atoms with Gasteiger partial charge in [-0.3, -0.25) is 0 Å². The first-order valence-electron chi connectivity index (χ1n) is 4.01. The summed E-state index contributed by atoms with van der Waals surface area (Å²) in [6.45, 7) is 0.636. The fourth-order valence-corrected chi connectivity index (χ4v) is 1.07. The molecule has 0 aliphatic heterocycles. The lowest BCUT2D eigenvalue weighted by Crippen LogP contribution is -1.95. The van der Waals surface area contributed by atoms with Crippen LogP contribution in [0.2, 0.25) is 5.15 Å². The van der Waals surface area contributed by atoms with Gasteiger partial charge >= 0.3 is 0 Å². The Morgan fingerprint density at radius 1 is 1.54 bits per heavy atom. The highest BCUT2D eigenvalue weighted by molar-refractivity contribution is 6.29.